The van der Waals surface area contributed by atoms with E-state index in [1.54, 1.807) is 23.1 Å². The van der Waals surface area contributed by atoms with Gasteiger partial charge in [0.2, 0.25) is 24.5 Å². The monoisotopic (exact) mass is 577 g/mol. The van der Waals surface area contributed by atoms with Crippen molar-refractivity contribution in [3.63, 3.8) is 0 Å². The first kappa shape index (κ1) is 26.3. The first-order valence-electron chi connectivity index (χ1n) is 14.3. The van der Waals surface area contributed by atoms with Crippen molar-refractivity contribution >= 4 is 35.0 Å². The lowest BCUT2D eigenvalue weighted by Gasteiger charge is -2.34. The van der Waals surface area contributed by atoms with Crippen molar-refractivity contribution < 1.29 is 28.6 Å². The molecular weight excluding hydrogens is 546 g/mol. The fourth-order valence-electron chi connectivity index (χ4n) is 7.10. The zero-order chi connectivity index (χ0) is 28.3. The average Bonchev–Trinajstić information content (AvgIpc) is 3.72. The molecule has 1 saturated carbocycles. The fraction of sp³-hybridized carbons (Fsp3) is 0.452. The zero-order valence-electron chi connectivity index (χ0n) is 22.7. The average molecular weight is 578 g/mol. The highest BCUT2D eigenvalue weighted by Crippen LogP contribution is 2.55. The van der Waals surface area contributed by atoms with Crippen LogP contribution in [0.3, 0.4) is 0 Å². The molecule has 2 aromatic rings. The molecule has 4 heterocycles. The van der Waals surface area contributed by atoms with Crippen LogP contribution in [0.5, 0.6) is 11.5 Å². The molecule has 0 unspecified atom stereocenters. The van der Waals surface area contributed by atoms with Gasteiger partial charge in [-0.05, 0) is 55.2 Å². The van der Waals surface area contributed by atoms with E-state index >= 15 is 0 Å². The SMILES string of the molecule is Cc1ccc(NC(=O)[C@H]2[C@@H]3C=C[C@]4(O3)[C@@H]2C(=O)N(Cc2ccc3c(c2)OCO3)[C@@H]4C(=O)NC2CCCCC2)cc1Cl. The van der Waals surface area contributed by atoms with Crippen molar-refractivity contribution in [2.75, 3.05) is 12.1 Å². The molecule has 3 fully saturated rings. The molecular formula is C31H32ClN3O6. The molecule has 2 N–H and O–H groups in total. The predicted octanol–water partition coefficient (Wildman–Crippen LogP) is 4.12. The largest absolute Gasteiger partial charge is 0.454 e. The maximum absolute atomic E-state index is 14.3. The third-order valence-corrected chi connectivity index (χ3v) is 9.51. The Morgan fingerprint density at radius 2 is 1.85 bits per heavy atom. The van der Waals surface area contributed by atoms with Crippen LogP contribution < -0.4 is 20.1 Å². The fourth-order valence-corrected chi connectivity index (χ4v) is 7.28. The number of rotatable bonds is 6. The first-order chi connectivity index (χ1) is 19.8. The molecule has 41 heavy (non-hydrogen) atoms. The van der Waals surface area contributed by atoms with Gasteiger partial charge in [-0.3, -0.25) is 14.4 Å². The standard InChI is InChI=1S/C31H32ClN3O6/c1-17-7-9-20(14-21(17)32)34-28(36)25-23-11-12-31(41-23)26(25)30(38)35(15-18-8-10-22-24(13-18)40-16-39-22)27(31)29(37)33-19-5-3-2-4-6-19/h7-14,19,23,25-27H,2-6,15-16H2,1H3,(H,33,37)(H,34,36)/t23-,25-,26-,27+,31-/m0/s1. The van der Waals surface area contributed by atoms with E-state index in [1.807, 2.05) is 37.3 Å². The van der Waals surface area contributed by atoms with Crippen LogP contribution in [0.15, 0.2) is 48.6 Å². The van der Waals surface area contributed by atoms with Gasteiger partial charge in [-0.25, -0.2) is 0 Å². The number of fused-ring (bicyclic) bond motifs is 2. The van der Waals surface area contributed by atoms with Gasteiger partial charge >= 0.3 is 0 Å². The highest BCUT2D eigenvalue weighted by Gasteiger charge is 2.72. The Kier molecular flexibility index (Phi) is 6.47. The second-order valence-corrected chi connectivity index (χ2v) is 12.1. The summed E-state index contributed by atoms with van der Waals surface area (Å²) in [6.45, 7) is 2.19. The number of hydrogen-bond acceptors (Lipinski definition) is 6. The Hall–Kier alpha value is -3.56. The van der Waals surface area contributed by atoms with Crippen LogP contribution in [-0.4, -0.2) is 53.2 Å². The number of carbonyl (C=O) groups excluding carboxylic acids is 3. The number of benzene rings is 2. The Morgan fingerprint density at radius 1 is 1.05 bits per heavy atom. The second kappa shape index (κ2) is 10.1. The molecule has 0 radical (unpaired) electrons. The van der Waals surface area contributed by atoms with E-state index in [4.69, 9.17) is 25.8 Å². The van der Waals surface area contributed by atoms with Crippen LogP contribution in [0.4, 0.5) is 5.69 Å². The van der Waals surface area contributed by atoms with Gasteiger partial charge in [0, 0.05) is 23.3 Å². The summed E-state index contributed by atoms with van der Waals surface area (Å²) in [5.74, 6) is -1.25. The van der Waals surface area contributed by atoms with Crippen molar-refractivity contribution in [2.24, 2.45) is 11.8 Å². The van der Waals surface area contributed by atoms with E-state index in [0.717, 1.165) is 43.2 Å². The Balaban J connectivity index is 1.21. The molecule has 10 heteroatoms. The van der Waals surface area contributed by atoms with E-state index in [0.29, 0.717) is 22.2 Å². The van der Waals surface area contributed by atoms with Crippen molar-refractivity contribution in [2.45, 2.75) is 69.4 Å². The summed E-state index contributed by atoms with van der Waals surface area (Å²) in [5.41, 5.74) is 1.000. The molecule has 7 rings (SSSR count). The molecule has 2 aromatic carbocycles. The lowest BCUT2D eigenvalue weighted by molar-refractivity contribution is -0.142. The number of ether oxygens (including phenoxy) is 3. The quantitative estimate of drug-likeness (QED) is 0.501. The topological polar surface area (TPSA) is 106 Å². The second-order valence-electron chi connectivity index (χ2n) is 11.7. The number of likely N-dealkylation sites (tertiary alicyclic amines) is 1. The van der Waals surface area contributed by atoms with Crippen LogP contribution in [0.1, 0.15) is 43.2 Å². The van der Waals surface area contributed by atoms with Crippen molar-refractivity contribution in [1.82, 2.24) is 10.2 Å². The van der Waals surface area contributed by atoms with Gasteiger partial charge in [-0.1, -0.05) is 55.1 Å². The number of hydrogen-bond donors (Lipinski definition) is 2. The lowest BCUT2D eigenvalue weighted by Crippen LogP contribution is -2.56. The number of nitrogens with zero attached hydrogens (tertiary/aromatic N) is 1. The maximum atomic E-state index is 14.3. The van der Waals surface area contributed by atoms with E-state index < -0.39 is 29.6 Å². The van der Waals surface area contributed by atoms with Crippen molar-refractivity contribution in [1.29, 1.82) is 0 Å². The minimum absolute atomic E-state index is 0.0576. The van der Waals surface area contributed by atoms with E-state index in [2.05, 4.69) is 10.6 Å². The molecule has 1 spiro atoms. The van der Waals surface area contributed by atoms with Crippen LogP contribution in [0.25, 0.3) is 0 Å². The highest BCUT2D eigenvalue weighted by molar-refractivity contribution is 6.31. The van der Waals surface area contributed by atoms with Crippen LogP contribution in [-0.2, 0) is 25.7 Å². The van der Waals surface area contributed by atoms with Crippen molar-refractivity contribution in [3.05, 3.63) is 64.7 Å². The van der Waals surface area contributed by atoms with Gasteiger partial charge in [-0.2, -0.15) is 0 Å². The predicted molar refractivity (Wildman–Crippen MR) is 150 cm³/mol. The third kappa shape index (κ3) is 4.37. The van der Waals surface area contributed by atoms with E-state index in [1.165, 1.54) is 0 Å². The molecule has 5 aliphatic rings. The van der Waals surface area contributed by atoms with Crippen molar-refractivity contribution in [3.8, 4) is 11.5 Å². The number of anilines is 1. The van der Waals surface area contributed by atoms with Gasteiger partial charge < -0.3 is 29.7 Å². The van der Waals surface area contributed by atoms with E-state index in [9.17, 15) is 14.4 Å². The molecule has 5 atom stereocenters. The minimum atomic E-state index is -1.23. The van der Waals surface area contributed by atoms with Gasteiger partial charge in [0.05, 0.1) is 17.9 Å². The number of amides is 3. The molecule has 4 aliphatic heterocycles. The minimum Gasteiger partial charge on any atom is -0.454 e. The maximum Gasteiger partial charge on any atom is 0.246 e. The third-order valence-electron chi connectivity index (χ3n) is 9.11. The first-order valence-corrected chi connectivity index (χ1v) is 14.7. The summed E-state index contributed by atoms with van der Waals surface area (Å²) in [6, 6.07) is 9.94. The number of aryl methyl sites for hydroxylation is 1. The summed E-state index contributed by atoms with van der Waals surface area (Å²) in [6.07, 6.45) is 8.15. The number of halogens is 1. The van der Waals surface area contributed by atoms with Crippen LogP contribution in [0, 0.1) is 18.8 Å². The Morgan fingerprint density at radius 3 is 2.66 bits per heavy atom. The summed E-state index contributed by atoms with van der Waals surface area (Å²) in [5, 5.41) is 6.68. The molecule has 2 saturated heterocycles. The number of carbonyl (C=O) groups is 3. The molecule has 2 bridgehead atoms. The normalized spacial score (nSPS) is 29.6. The molecule has 0 aromatic heterocycles. The summed E-state index contributed by atoms with van der Waals surface area (Å²) in [4.78, 5) is 43.6. The van der Waals surface area contributed by atoms with E-state index in [-0.39, 0.29) is 37.1 Å². The summed E-state index contributed by atoms with van der Waals surface area (Å²) in [7, 11) is 0. The van der Waals surface area contributed by atoms with Gasteiger partial charge in [0.15, 0.2) is 11.5 Å². The smallest absolute Gasteiger partial charge is 0.246 e. The molecule has 214 valence electrons. The molecule has 1 aliphatic carbocycles. The summed E-state index contributed by atoms with van der Waals surface area (Å²) < 4.78 is 17.5. The zero-order valence-corrected chi connectivity index (χ0v) is 23.5. The van der Waals surface area contributed by atoms with Gasteiger partial charge in [0.1, 0.15) is 11.6 Å². The summed E-state index contributed by atoms with van der Waals surface area (Å²) >= 11 is 6.29. The Bertz CT molecular complexity index is 1460. The van der Waals surface area contributed by atoms with Crippen LogP contribution >= 0.6 is 11.6 Å². The lowest BCUT2D eigenvalue weighted by atomic mass is 9.74. The number of nitrogens with one attached hydrogen (secondary N) is 2. The highest BCUT2D eigenvalue weighted by atomic mass is 35.5. The Labute approximate surface area is 243 Å². The van der Waals surface area contributed by atoms with Crippen LogP contribution in [0.2, 0.25) is 5.02 Å². The van der Waals surface area contributed by atoms with Gasteiger partial charge in [-0.15, -0.1) is 0 Å². The molecule has 3 amide bonds. The molecule has 9 nitrogen and oxygen atoms in total. The van der Waals surface area contributed by atoms with Gasteiger partial charge in [0.25, 0.3) is 0 Å².